The molecule has 5 heteroatoms. The van der Waals surface area contributed by atoms with Crippen molar-refractivity contribution >= 4 is 11.9 Å². The van der Waals surface area contributed by atoms with Crippen molar-refractivity contribution in [1.82, 2.24) is 5.32 Å². The van der Waals surface area contributed by atoms with Crippen LogP contribution in [0.15, 0.2) is 0 Å². The zero-order chi connectivity index (χ0) is 16.2. The number of esters is 1. The molecule has 4 atom stereocenters. The van der Waals surface area contributed by atoms with Crippen LogP contribution >= 0.6 is 0 Å². The van der Waals surface area contributed by atoms with Gasteiger partial charge in [-0.1, -0.05) is 0 Å². The molecule has 4 aliphatic rings. The summed E-state index contributed by atoms with van der Waals surface area (Å²) < 4.78 is 5.32. The van der Waals surface area contributed by atoms with E-state index in [4.69, 9.17) is 4.74 Å². The first kappa shape index (κ1) is 15.8. The summed E-state index contributed by atoms with van der Waals surface area (Å²) in [6.07, 6.45) is 4.90. The minimum Gasteiger partial charge on any atom is -0.455 e. The molecule has 4 bridgehead atoms. The molecule has 0 aromatic heterocycles. The second kappa shape index (κ2) is 4.95. The largest absolute Gasteiger partial charge is 0.455 e. The van der Waals surface area contributed by atoms with E-state index in [1.54, 1.807) is 0 Å². The Labute approximate surface area is 131 Å². The number of carbonyl (C=O) groups excluding carboxylic acids is 2. The summed E-state index contributed by atoms with van der Waals surface area (Å²) >= 11 is 0. The third-order valence-corrected chi connectivity index (χ3v) is 5.31. The molecule has 4 saturated carbocycles. The smallest absolute Gasteiger partial charge is 0.312 e. The van der Waals surface area contributed by atoms with Crippen LogP contribution in [0, 0.1) is 17.3 Å². The topological polar surface area (TPSA) is 75.6 Å². The Morgan fingerprint density at radius 1 is 1.18 bits per heavy atom. The van der Waals surface area contributed by atoms with E-state index in [1.165, 1.54) is 0 Å². The molecule has 0 aromatic carbocycles. The standard InChI is InChI=1S/C17H27NO4/c1-15(2,3)18-13(19)9-22-14(20)16-5-11-4-12(6-16)8-17(21,7-11)10-16/h11-12,21H,4-10H2,1-3H3,(H,18,19)/t11-,12+,16?,17?. The van der Waals surface area contributed by atoms with Crippen LogP contribution in [0.4, 0.5) is 0 Å². The molecule has 4 aliphatic carbocycles. The molecule has 124 valence electrons. The molecular weight excluding hydrogens is 282 g/mol. The minimum atomic E-state index is -0.684. The number of hydrogen-bond acceptors (Lipinski definition) is 4. The van der Waals surface area contributed by atoms with Gasteiger partial charge in [0.2, 0.25) is 0 Å². The Bertz CT molecular complexity index is 479. The molecule has 4 rings (SSSR count). The van der Waals surface area contributed by atoms with Gasteiger partial charge in [0.15, 0.2) is 6.61 Å². The first-order valence-corrected chi connectivity index (χ1v) is 8.30. The number of ether oxygens (including phenoxy) is 1. The van der Waals surface area contributed by atoms with Gasteiger partial charge < -0.3 is 15.2 Å². The summed E-state index contributed by atoms with van der Waals surface area (Å²) in [6.45, 7) is 5.44. The van der Waals surface area contributed by atoms with Gasteiger partial charge in [0.1, 0.15) is 0 Å². The van der Waals surface area contributed by atoms with E-state index in [2.05, 4.69) is 5.32 Å². The van der Waals surface area contributed by atoms with Gasteiger partial charge in [0.25, 0.3) is 5.91 Å². The highest BCUT2D eigenvalue weighted by molar-refractivity contribution is 5.83. The third-order valence-electron chi connectivity index (χ3n) is 5.31. The maximum atomic E-state index is 12.6. The number of carbonyl (C=O) groups is 2. The van der Waals surface area contributed by atoms with Crippen molar-refractivity contribution in [2.75, 3.05) is 6.61 Å². The highest BCUT2D eigenvalue weighted by Crippen LogP contribution is 2.61. The Hall–Kier alpha value is -1.10. The Kier molecular flexibility index (Phi) is 3.55. The SMILES string of the molecule is CC(C)(C)NC(=O)COC(=O)C12C[C@@H]3C[C@@H](CC(O)(C3)C1)C2. The quantitative estimate of drug-likeness (QED) is 0.779. The van der Waals surface area contributed by atoms with Crippen LogP contribution in [-0.2, 0) is 14.3 Å². The van der Waals surface area contributed by atoms with Crippen molar-refractivity contribution in [2.45, 2.75) is 70.4 Å². The minimum absolute atomic E-state index is 0.231. The van der Waals surface area contributed by atoms with Crippen molar-refractivity contribution in [2.24, 2.45) is 17.3 Å². The predicted octanol–water partition coefficient (Wildman–Crippen LogP) is 1.78. The molecule has 0 spiro atoms. The van der Waals surface area contributed by atoms with Gasteiger partial charge in [-0.3, -0.25) is 9.59 Å². The summed E-state index contributed by atoms with van der Waals surface area (Å²) in [4.78, 5) is 24.4. The van der Waals surface area contributed by atoms with Crippen LogP contribution in [0.25, 0.3) is 0 Å². The molecule has 22 heavy (non-hydrogen) atoms. The van der Waals surface area contributed by atoms with Gasteiger partial charge in [0, 0.05) is 5.54 Å². The maximum absolute atomic E-state index is 12.6. The lowest BCUT2D eigenvalue weighted by molar-refractivity contribution is -0.196. The fourth-order valence-corrected chi connectivity index (χ4v) is 5.19. The van der Waals surface area contributed by atoms with Gasteiger partial charge in [-0.25, -0.2) is 0 Å². The van der Waals surface area contributed by atoms with Gasteiger partial charge in [0.05, 0.1) is 11.0 Å². The Morgan fingerprint density at radius 2 is 1.77 bits per heavy atom. The van der Waals surface area contributed by atoms with Crippen molar-refractivity contribution < 1.29 is 19.4 Å². The van der Waals surface area contributed by atoms with E-state index in [-0.39, 0.29) is 24.0 Å². The monoisotopic (exact) mass is 309 g/mol. The van der Waals surface area contributed by atoms with Gasteiger partial charge >= 0.3 is 5.97 Å². The van der Waals surface area contributed by atoms with Gasteiger partial charge in [-0.15, -0.1) is 0 Å². The zero-order valence-electron chi connectivity index (χ0n) is 13.8. The number of aliphatic hydroxyl groups is 1. The molecular formula is C17H27NO4. The second-order valence-corrected chi connectivity index (χ2v) is 8.84. The molecule has 2 N–H and O–H groups in total. The molecule has 5 nitrogen and oxygen atoms in total. The molecule has 2 unspecified atom stereocenters. The Morgan fingerprint density at radius 3 is 2.27 bits per heavy atom. The van der Waals surface area contributed by atoms with Crippen LogP contribution in [0.5, 0.6) is 0 Å². The van der Waals surface area contributed by atoms with E-state index in [9.17, 15) is 14.7 Å². The second-order valence-electron chi connectivity index (χ2n) is 8.84. The summed E-state index contributed by atoms with van der Waals surface area (Å²) in [6, 6.07) is 0. The molecule has 0 radical (unpaired) electrons. The fraction of sp³-hybridized carbons (Fsp3) is 0.882. The van der Waals surface area contributed by atoms with Crippen LogP contribution < -0.4 is 5.32 Å². The van der Waals surface area contributed by atoms with E-state index in [0.29, 0.717) is 18.3 Å². The van der Waals surface area contributed by atoms with Crippen molar-refractivity contribution in [3.8, 4) is 0 Å². The molecule has 4 fully saturated rings. The average Bonchev–Trinajstić information content (AvgIpc) is 2.30. The van der Waals surface area contributed by atoms with E-state index >= 15 is 0 Å². The van der Waals surface area contributed by atoms with E-state index in [1.807, 2.05) is 20.8 Å². The van der Waals surface area contributed by atoms with E-state index < -0.39 is 11.0 Å². The van der Waals surface area contributed by atoms with Crippen LogP contribution in [0.1, 0.15) is 59.3 Å². The maximum Gasteiger partial charge on any atom is 0.312 e. The summed E-state index contributed by atoms with van der Waals surface area (Å²) in [5, 5.41) is 13.4. The Balaban J connectivity index is 1.62. The third kappa shape index (κ3) is 3.00. The fourth-order valence-electron chi connectivity index (χ4n) is 5.19. The van der Waals surface area contributed by atoms with Crippen LogP contribution in [0.2, 0.25) is 0 Å². The molecule has 0 aliphatic heterocycles. The lowest BCUT2D eigenvalue weighted by Gasteiger charge is -2.58. The van der Waals surface area contributed by atoms with Crippen molar-refractivity contribution in [3.05, 3.63) is 0 Å². The normalized spacial score (nSPS) is 39.6. The highest BCUT2D eigenvalue weighted by Gasteiger charge is 2.60. The lowest BCUT2D eigenvalue weighted by Crippen LogP contribution is -2.58. The molecule has 1 amide bonds. The van der Waals surface area contributed by atoms with Crippen molar-refractivity contribution in [3.63, 3.8) is 0 Å². The zero-order valence-corrected chi connectivity index (χ0v) is 13.8. The first-order valence-electron chi connectivity index (χ1n) is 8.30. The van der Waals surface area contributed by atoms with Crippen LogP contribution in [0.3, 0.4) is 0 Å². The first-order chi connectivity index (χ1) is 10.1. The summed E-state index contributed by atoms with van der Waals surface area (Å²) in [5.41, 5.74) is -1.57. The van der Waals surface area contributed by atoms with Gasteiger partial charge in [-0.05, 0) is 71.1 Å². The molecule has 0 saturated heterocycles. The summed E-state index contributed by atoms with van der Waals surface area (Å²) in [5.74, 6) is 0.303. The predicted molar refractivity (Wildman–Crippen MR) is 80.9 cm³/mol. The summed E-state index contributed by atoms with van der Waals surface area (Å²) in [7, 11) is 0. The number of rotatable bonds is 3. The number of amides is 1. The number of nitrogens with one attached hydrogen (secondary N) is 1. The number of hydrogen-bond donors (Lipinski definition) is 2. The van der Waals surface area contributed by atoms with Gasteiger partial charge in [-0.2, -0.15) is 0 Å². The van der Waals surface area contributed by atoms with Crippen LogP contribution in [-0.4, -0.2) is 34.7 Å². The highest BCUT2D eigenvalue weighted by atomic mass is 16.5. The lowest BCUT2D eigenvalue weighted by atomic mass is 9.48. The molecule has 0 heterocycles. The van der Waals surface area contributed by atoms with E-state index in [0.717, 1.165) is 32.1 Å². The average molecular weight is 309 g/mol. The molecule has 0 aromatic rings. The van der Waals surface area contributed by atoms with Crippen molar-refractivity contribution in [1.29, 1.82) is 0 Å².